The smallest absolute Gasteiger partial charge is 0.169 e. The zero-order valence-corrected chi connectivity index (χ0v) is 14.4. The van der Waals surface area contributed by atoms with Gasteiger partial charge in [-0.05, 0) is 53.9 Å². The van der Waals surface area contributed by atoms with Gasteiger partial charge in [0.25, 0.3) is 0 Å². The van der Waals surface area contributed by atoms with Crippen molar-refractivity contribution in [2.45, 2.75) is 12.8 Å². The molecule has 0 radical (unpaired) electrons. The predicted octanol–water partition coefficient (Wildman–Crippen LogP) is 3.60. The van der Waals surface area contributed by atoms with Crippen LogP contribution in [0.3, 0.4) is 0 Å². The first-order valence-corrected chi connectivity index (χ1v) is 8.68. The van der Waals surface area contributed by atoms with Gasteiger partial charge in [-0.25, -0.2) is 0 Å². The number of hydrogen-bond donors (Lipinski definition) is 2. The fourth-order valence-electron chi connectivity index (χ4n) is 2.86. The summed E-state index contributed by atoms with van der Waals surface area (Å²) in [4.78, 5) is 2.20. The van der Waals surface area contributed by atoms with Gasteiger partial charge in [-0.3, -0.25) is 0 Å². The molecule has 0 unspecified atom stereocenters. The lowest BCUT2D eigenvalue weighted by atomic mass is 9.99. The van der Waals surface area contributed by atoms with Crippen molar-refractivity contribution in [3.63, 3.8) is 0 Å². The molecule has 2 aromatic rings. The van der Waals surface area contributed by atoms with Crippen LogP contribution >= 0.6 is 12.2 Å². The Morgan fingerprint density at radius 1 is 1.08 bits per heavy atom. The highest BCUT2D eigenvalue weighted by Gasteiger charge is 2.15. The molecule has 3 rings (SSSR count). The number of rotatable bonds is 4. The fraction of sp³-hybridized carbons (Fsp3) is 0.250. The lowest BCUT2D eigenvalue weighted by Gasteiger charge is -2.29. The summed E-state index contributed by atoms with van der Waals surface area (Å²) < 4.78 is 0. The molecule has 0 amide bonds. The zero-order chi connectivity index (χ0) is 16.8. The predicted molar refractivity (Wildman–Crippen MR) is 103 cm³/mol. The standard InChI is InChI=1S/C20H22N2OS/c23-19-8-6-17(7-9-19)18-11-14-22(15-12-18)20(24)21-13-10-16-4-2-1-3-5-16/h1-9,11,23H,10,12-15H2,(H,21,24). The lowest BCUT2D eigenvalue weighted by Crippen LogP contribution is -2.42. The minimum absolute atomic E-state index is 0.306. The number of benzene rings is 2. The van der Waals surface area contributed by atoms with Crippen LogP contribution in [-0.4, -0.2) is 34.8 Å². The molecular weight excluding hydrogens is 316 g/mol. The van der Waals surface area contributed by atoms with Crippen molar-refractivity contribution < 1.29 is 5.11 Å². The topological polar surface area (TPSA) is 35.5 Å². The highest BCUT2D eigenvalue weighted by molar-refractivity contribution is 7.80. The average Bonchev–Trinajstić information content (AvgIpc) is 2.63. The first-order chi connectivity index (χ1) is 11.7. The molecule has 4 heteroatoms. The van der Waals surface area contributed by atoms with E-state index < -0.39 is 0 Å². The molecule has 1 aliphatic heterocycles. The Hall–Kier alpha value is -2.33. The maximum absolute atomic E-state index is 9.38. The number of aromatic hydroxyl groups is 1. The summed E-state index contributed by atoms with van der Waals surface area (Å²) in [5, 5.41) is 13.6. The van der Waals surface area contributed by atoms with E-state index in [0.29, 0.717) is 5.75 Å². The van der Waals surface area contributed by atoms with E-state index in [-0.39, 0.29) is 0 Å². The summed E-state index contributed by atoms with van der Waals surface area (Å²) in [6, 6.07) is 17.8. The van der Waals surface area contributed by atoms with Gasteiger partial charge in [0.2, 0.25) is 0 Å². The van der Waals surface area contributed by atoms with Crippen molar-refractivity contribution in [2.24, 2.45) is 0 Å². The van der Waals surface area contributed by atoms with Crippen LogP contribution in [0.4, 0.5) is 0 Å². The van der Waals surface area contributed by atoms with E-state index in [9.17, 15) is 5.11 Å². The van der Waals surface area contributed by atoms with Gasteiger partial charge in [0.05, 0.1) is 0 Å². The number of nitrogens with one attached hydrogen (secondary N) is 1. The van der Waals surface area contributed by atoms with Gasteiger partial charge >= 0.3 is 0 Å². The van der Waals surface area contributed by atoms with Crippen molar-refractivity contribution in [3.05, 3.63) is 71.8 Å². The van der Waals surface area contributed by atoms with Gasteiger partial charge in [0.15, 0.2) is 5.11 Å². The Labute approximate surface area is 148 Å². The van der Waals surface area contributed by atoms with Crippen LogP contribution in [0.2, 0.25) is 0 Å². The van der Waals surface area contributed by atoms with Crippen LogP contribution < -0.4 is 5.32 Å². The third kappa shape index (κ3) is 4.36. The van der Waals surface area contributed by atoms with E-state index in [1.807, 2.05) is 18.2 Å². The maximum atomic E-state index is 9.38. The van der Waals surface area contributed by atoms with Gasteiger partial charge in [-0.2, -0.15) is 0 Å². The third-order valence-electron chi connectivity index (χ3n) is 4.27. The highest BCUT2D eigenvalue weighted by Crippen LogP contribution is 2.23. The SMILES string of the molecule is Oc1ccc(C2=CCN(C(=S)NCCc3ccccc3)CC2)cc1. The molecule has 2 aromatic carbocycles. The fourth-order valence-corrected chi connectivity index (χ4v) is 3.13. The molecular formula is C20H22N2OS. The summed E-state index contributed by atoms with van der Waals surface area (Å²) in [5.74, 6) is 0.306. The molecule has 0 saturated carbocycles. The van der Waals surface area contributed by atoms with Crippen LogP contribution in [-0.2, 0) is 6.42 Å². The molecule has 0 fully saturated rings. The van der Waals surface area contributed by atoms with Crippen LogP contribution in [0.1, 0.15) is 17.5 Å². The minimum Gasteiger partial charge on any atom is -0.508 e. The number of phenolic OH excluding ortho intramolecular Hbond substituents is 1. The Kier molecular flexibility index (Phi) is 5.49. The second-order valence-corrected chi connectivity index (χ2v) is 6.33. The molecule has 3 nitrogen and oxygen atoms in total. The van der Waals surface area contributed by atoms with Crippen LogP contribution in [0, 0.1) is 0 Å². The van der Waals surface area contributed by atoms with E-state index in [1.165, 1.54) is 16.7 Å². The second kappa shape index (κ2) is 7.97. The average molecular weight is 338 g/mol. The van der Waals surface area contributed by atoms with E-state index in [0.717, 1.165) is 37.6 Å². The monoisotopic (exact) mass is 338 g/mol. The van der Waals surface area contributed by atoms with Gasteiger partial charge in [-0.1, -0.05) is 48.5 Å². The molecule has 0 aliphatic carbocycles. The van der Waals surface area contributed by atoms with Crippen LogP contribution in [0.25, 0.3) is 5.57 Å². The van der Waals surface area contributed by atoms with Crippen molar-refractivity contribution in [1.82, 2.24) is 10.2 Å². The van der Waals surface area contributed by atoms with E-state index in [2.05, 4.69) is 40.6 Å². The van der Waals surface area contributed by atoms with Gasteiger partial charge in [0.1, 0.15) is 5.75 Å². The van der Waals surface area contributed by atoms with Crippen molar-refractivity contribution in [2.75, 3.05) is 19.6 Å². The molecule has 2 N–H and O–H groups in total. The van der Waals surface area contributed by atoms with Gasteiger partial charge < -0.3 is 15.3 Å². The summed E-state index contributed by atoms with van der Waals surface area (Å²) in [6.07, 6.45) is 4.16. The van der Waals surface area contributed by atoms with Crippen LogP contribution in [0.5, 0.6) is 5.75 Å². The van der Waals surface area contributed by atoms with E-state index >= 15 is 0 Å². The molecule has 124 valence electrons. The summed E-state index contributed by atoms with van der Waals surface area (Å²) in [6.45, 7) is 2.60. The first-order valence-electron chi connectivity index (χ1n) is 8.27. The maximum Gasteiger partial charge on any atom is 0.169 e. The van der Waals surface area contributed by atoms with Gasteiger partial charge in [-0.15, -0.1) is 0 Å². The Morgan fingerprint density at radius 2 is 1.83 bits per heavy atom. The molecule has 0 bridgehead atoms. The summed E-state index contributed by atoms with van der Waals surface area (Å²) >= 11 is 5.51. The molecule has 24 heavy (non-hydrogen) atoms. The minimum atomic E-state index is 0.306. The number of nitrogens with zero attached hydrogens (tertiary/aromatic N) is 1. The number of hydrogen-bond acceptors (Lipinski definition) is 2. The molecule has 0 spiro atoms. The molecule has 1 heterocycles. The van der Waals surface area contributed by atoms with Crippen LogP contribution in [0.15, 0.2) is 60.7 Å². The number of phenols is 1. The normalized spacial score (nSPS) is 14.2. The van der Waals surface area contributed by atoms with E-state index in [4.69, 9.17) is 12.2 Å². The highest BCUT2D eigenvalue weighted by atomic mass is 32.1. The lowest BCUT2D eigenvalue weighted by molar-refractivity contribution is 0.450. The Bertz CT molecular complexity index is 710. The quantitative estimate of drug-likeness (QED) is 0.835. The summed E-state index contributed by atoms with van der Waals surface area (Å²) in [7, 11) is 0. The Balaban J connectivity index is 1.48. The third-order valence-corrected chi connectivity index (χ3v) is 4.67. The molecule has 0 atom stereocenters. The molecule has 1 aliphatic rings. The molecule has 0 aromatic heterocycles. The second-order valence-electron chi connectivity index (χ2n) is 5.94. The summed E-state index contributed by atoms with van der Waals surface area (Å²) in [5.41, 5.74) is 3.81. The van der Waals surface area contributed by atoms with E-state index in [1.54, 1.807) is 12.1 Å². The largest absolute Gasteiger partial charge is 0.508 e. The van der Waals surface area contributed by atoms with Crippen molar-refractivity contribution >= 4 is 22.9 Å². The number of thiocarbonyl (C=S) groups is 1. The zero-order valence-electron chi connectivity index (χ0n) is 13.6. The van der Waals surface area contributed by atoms with Crippen molar-refractivity contribution in [1.29, 1.82) is 0 Å². The Morgan fingerprint density at radius 3 is 2.50 bits per heavy atom. The molecule has 0 saturated heterocycles. The van der Waals surface area contributed by atoms with Crippen molar-refractivity contribution in [3.8, 4) is 5.75 Å². The van der Waals surface area contributed by atoms with Gasteiger partial charge in [0, 0.05) is 19.6 Å². The first kappa shape index (κ1) is 16.5.